The fourth-order valence-electron chi connectivity index (χ4n) is 1.17. The van der Waals surface area contributed by atoms with Crippen molar-refractivity contribution in [3.05, 3.63) is 28.0 Å². The Kier molecular flexibility index (Phi) is 3.65. The normalized spacial score (nSPS) is 12.3. The Bertz CT molecular complexity index is 397. The van der Waals surface area contributed by atoms with Crippen molar-refractivity contribution in [3.8, 4) is 5.75 Å². The first-order chi connectivity index (χ1) is 6.99. The number of hydrogen-bond acceptors (Lipinski definition) is 3. The summed E-state index contributed by atoms with van der Waals surface area (Å²) in [5, 5.41) is 8.75. The van der Waals surface area contributed by atoms with Gasteiger partial charge in [0.15, 0.2) is 11.6 Å². The molecule has 1 atom stereocenters. The van der Waals surface area contributed by atoms with Crippen LogP contribution in [0.4, 0.5) is 4.39 Å². The highest BCUT2D eigenvalue weighted by molar-refractivity contribution is 9.10. The van der Waals surface area contributed by atoms with Crippen molar-refractivity contribution in [3.63, 3.8) is 0 Å². The highest BCUT2D eigenvalue weighted by Crippen LogP contribution is 2.33. The summed E-state index contributed by atoms with van der Waals surface area (Å²) < 4.78 is 18.4. The average molecular weight is 278 g/mol. The number of aliphatic carboxylic acids is 1. The van der Waals surface area contributed by atoms with E-state index in [0.717, 1.165) is 0 Å². The molecule has 0 bridgehead atoms. The van der Waals surface area contributed by atoms with Crippen LogP contribution in [0.1, 0.15) is 11.6 Å². The van der Waals surface area contributed by atoms with E-state index in [9.17, 15) is 9.18 Å². The molecule has 82 valence electrons. The minimum absolute atomic E-state index is 0.0880. The van der Waals surface area contributed by atoms with Gasteiger partial charge in [0.05, 0.1) is 7.11 Å². The van der Waals surface area contributed by atoms with E-state index >= 15 is 0 Å². The number of hydrogen-bond donors (Lipinski definition) is 2. The van der Waals surface area contributed by atoms with Crippen LogP contribution in [0, 0.1) is 5.82 Å². The van der Waals surface area contributed by atoms with Gasteiger partial charge in [-0.05, 0) is 12.1 Å². The molecule has 4 nitrogen and oxygen atoms in total. The first kappa shape index (κ1) is 11.9. The largest absolute Gasteiger partial charge is 0.493 e. The van der Waals surface area contributed by atoms with Crippen molar-refractivity contribution >= 4 is 21.9 Å². The quantitative estimate of drug-likeness (QED) is 0.882. The number of rotatable bonds is 3. The predicted molar refractivity (Wildman–Crippen MR) is 55.2 cm³/mol. The molecular formula is C9H9BrFNO3. The molecule has 3 N–H and O–H groups in total. The standard InChI is InChI=1S/C9H9BrFNO3/c1-15-8-5(11)3-2-4(10)6(8)7(12)9(13)14/h2-3,7H,12H2,1H3,(H,13,14). The number of benzene rings is 1. The maximum atomic E-state index is 13.3. The molecule has 0 spiro atoms. The number of methoxy groups -OCH3 is 1. The second kappa shape index (κ2) is 4.59. The Morgan fingerprint density at radius 3 is 2.73 bits per heavy atom. The summed E-state index contributed by atoms with van der Waals surface area (Å²) in [6.45, 7) is 0. The highest BCUT2D eigenvalue weighted by Gasteiger charge is 2.24. The molecule has 0 fully saturated rings. The molecule has 1 rings (SSSR count). The van der Waals surface area contributed by atoms with E-state index in [2.05, 4.69) is 15.9 Å². The second-order valence-electron chi connectivity index (χ2n) is 2.79. The van der Waals surface area contributed by atoms with E-state index in [0.29, 0.717) is 4.47 Å². The summed E-state index contributed by atoms with van der Waals surface area (Å²) in [7, 11) is 1.25. The monoisotopic (exact) mass is 277 g/mol. The van der Waals surface area contributed by atoms with E-state index in [-0.39, 0.29) is 11.3 Å². The molecule has 1 aromatic rings. The third-order valence-electron chi connectivity index (χ3n) is 1.88. The summed E-state index contributed by atoms with van der Waals surface area (Å²) in [5.41, 5.74) is 5.50. The third kappa shape index (κ3) is 2.27. The lowest BCUT2D eigenvalue weighted by Crippen LogP contribution is -2.22. The van der Waals surface area contributed by atoms with Gasteiger partial charge in [-0.15, -0.1) is 0 Å². The maximum Gasteiger partial charge on any atom is 0.325 e. The molecule has 0 heterocycles. The second-order valence-corrected chi connectivity index (χ2v) is 3.65. The van der Waals surface area contributed by atoms with Gasteiger partial charge in [-0.25, -0.2) is 4.39 Å². The molecule has 6 heteroatoms. The highest BCUT2D eigenvalue weighted by atomic mass is 79.9. The smallest absolute Gasteiger partial charge is 0.325 e. The number of carboxylic acid groups (broad SMARTS) is 1. The van der Waals surface area contributed by atoms with E-state index < -0.39 is 17.8 Å². The zero-order valence-corrected chi connectivity index (χ0v) is 9.42. The molecule has 0 aliphatic rings. The number of nitrogens with two attached hydrogens (primary N) is 1. The molecule has 0 aromatic heterocycles. The lowest BCUT2D eigenvalue weighted by atomic mass is 10.1. The number of ether oxygens (including phenoxy) is 1. The van der Waals surface area contributed by atoms with Crippen LogP contribution in [0.3, 0.4) is 0 Å². The van der Waals surface area contributed by atoms with Crippen LogP contribution >= 0.6 is 15.9 Å². The minimum Gasteiger partial charge on any atom is -0.493 e. The molecule has 0 radical (unpaired) electrons. The lowest BCUT2D eigenvalue weighted by Gasteiger charge is -2.14. The van der Waals surface area contributed by atoms with Gasteiger partial charge >= 0.3 is 5.97 Å². The predicted octanol–water partition coefficient (Wildman–Crippen LogP) is 1.68. The van der Waals surface area contributed by atoms with Crippen LogP contribution in [-0.2, 0) is 4.79 Å². The van der Waals surface area contributed by atoms with E-state index in [1.807, 2.05) is 0 Å². The van der Waals surface area contributed by atoms with E-state index in [1.165, 1.54) is 19.2 Å². The van der Waals surface area contributed by atoms with Gasteiger partial charge in [-0.1, -0.05) is 15.9 Å². The summed E-state index contributed by atoms with van der Waals surface area (Å²) >= 11 is 3.10. The fourth-order valence-corrected chi connectivity index (χ4v) is 1.73. The summed E-state index contributed by atoms with van der Waals surface area (Å²) in [4.78, 5) is 10.7. The molecule has 0 aliphatic carbocycles. The maximum absolute atomic E-state index is 13.3. The van der Waals surface area contributed by atoms with Gasteiger partial charge in [-0.3, -0.25) is 4.79 Å². The van der Waals surface area contributed by atoms with Crippen LogP contribution in [0.15, 0.2) is 16.6 Å². The third-order valence-corrected chi connectivity index (χ3v) is 2.57. The molecule has 1 unspecified atom stereocenters. The first-order valence-corrected chi connectivity index (χ1v) is 4.78. The Labute approximate surface area is 94.0 Å². The number of carbonyl (C=O) groups is 1. The van der Waals surface area contributed by atoms with Crippen molar-refractivity contribution in [1.82, 2.24) is 0 Å². The zero-order chi connectivity index (χ0) is 11.6. The van der Waals surface area contributed by atoms with Gasteiger partial charge in [-0.2, -0.15) is 0 Å². The average Bonchev–Trinajstić information content (AvgIpc) is 2.19. The van der Waals surface area contributed by atoms with Crippen LogP contribution in [0.5, 0.6) is 5.75 Å². The Morgan fingerprint density at radius 2 is 2.27 bits per heavy atom. The Balaban J connectivity index is 3.37. The van der Waals surface area contributed by atoms with Crippen molar-refractivity contribution < 1.29 is 19.0 Å². The zero-order valence-electron chi connectivity index (χ0n) is 7.83. The minimum atomic E-state index is -1.33. The Hall–Kier alpha value is -1.14. The van der Waals surface area contributed by atoms with Crippen molar-refractivity contribution in [1.29, 1.82) is 0 Å². The summed E-state index contributed by atoms with van der Waals surface area (Å²) in [6.07, 6.45) is 0. The molecule has 0 amide bonds. The summed E-state index contributed by atoms with van der Waals surface area (Å²) in [5.74, 6) is -2.05. The Morgan fingerprint density at radius 1 is 1.67 bits per heavy atom. The van der Waals surface area contributed by atoms with Gasteiger partial charge in [0.2, 0.25) is 0 Å². The number of halogens is 2. The fraction of sp³-hybridized carbons (Fsp3) is 0.222. The summed E-state index contributed by atoms with van der Waals surface area (Å²) in [6, 6.07) is 1.22. The van der Waals surface area contributed by atoms with Crippen LogP contribution in [0.25, 0.3) is 0 Å². The van der Waals surface area contributed by atoms with Gasteiger partial charge < -0.3 is 15.6 Å². The van der Waals surface area contributed by atoms with E-state index in [1.54, 1.807) is 0 Å². The van der Waals surface area contributed by atoms with Crippen LogP contribution < -0.4 is 10.5 Å². The van der Waals surface area contributed by atoms with Gasteiger partial charge in [0, 0.05) is 10.0 Å². The molecule has 0 aliphatic heterocycles. The van der Waals surface area contributed by atoms with Gasteiger partial charge in [0.25, 0.3) is 0 Å². The lowest BCUT2D eigenvalue weighted by molar-refractivity contribution is -0.138. The topological polar surface area (TPSA) is 72.5 Å². The molecule has 15 heavy (non-hydrogen) atoms. The van der Waals surface area contributed by atoms with Crippen LogP contribution in [-0.4, -0.2) is 18.2 Å². The van der Waals surface area contributed by atoms with Crippen molar-refractivity contribution in [2.45, 2.75) is 6.04 Å². The van der Waals surface area contributed by atoms with Gasteiger partial charge in [0.1, 0.15) is 6.04 Å². The van der Waals surface area contributed by atoms with Crippen molar-refractivity contribution in [2.24, 2.45) is 5.73 Å². The molecule has 0 saturated heterocycles. The van der Waals surface area contributed by atoms with E-state index in [4.69, 9.17) is 15.6 Å². The molecule has 1 aromatic carbocycles. The first-order valence-electron chi connectivity index (χ1n) is 3.99. The molecular weight excluding hydrogens is 269 g/mol. The molecule has 0 saturated carbocycles. The van der Waals surface area contributed by atoms with Crippen LogP contribution in [0.2, 0.25) is 0 Å². The number of carboxylic acids is 1. The SMILES string of the molecule is COc1c(F)ccc(Br)c1C(N)C(=O)O. The van der Waals surface area contributed by atoms with Crippen molar-refractivity contribution in [2.75, 3.05) is 7.11 Å².